The van der Waals surface area contributed by atoms with Crippen molar-refractivity contribution in [3.8, 4) is 5.75 Å². The zero-order valence-electron chi connectivity index (χ0n) is 17.8. The first-order chi connectivity index (χ1) is 16.2. The van der Waals surface area contributed by atoms with Crippen LogP contribution in [0.15, 0.2) is 59.5 Å². The van der Waals surface area contributed by atoms with Crippen molar-refractivity contribution in [3.05, 3.63) is 102 Å². The van der Waals surface area contributed by atoms with E-state index in [2.05, 4.69) is 0 Å². The van der Waals surface area contributed by atoms with Crippen molar-refractivity contribution in [1.29, 1.82) is 0 Å². The molecule has 0 radical (unpaired) electrons. The smallest absolute Gasteiger partial charge is 0.293 e. The van der Waals surface area contributed by atoms with Gasteiger partial charge >= 0.3 is 0 Å². The maximum Gasteiger partial charge on any atom is 0.293 e. The Hall–Kier alpha value is -2.15. The van der Waals surface area contributed by atoms with Gasteiger partial charge in [0.25, 0.3) is 11.1 Å². The number of amides is 2. The van der Waals surface area contributed by atoms with Crippen molar-refractivity contribution >= 4 is 75.4 Å². The second-order valence-electron chi connectivity index (χ2n) is 7.55. The highest BCUT2D eigenvalue weighted by molar-refractivity contribution is 8.18. The number of carbonyl (C=O) groups is 2. The summed E-state index contributed by atoms with van der Waals surface area (Å²) in [6.07, 6.45) is 1.60. The Balaban J connectivity index is 1.50. The highest BCUT2D eigenvalue weighted by atomic mass is 35.5. The number of imide groups is 1. The van der Waals surface area contributed by atoms with Gasteiger partial charge in [0.2, 0.25) is 0 Å². The SMILES string of the molecule is Cc1ccccc1CN1C(=O)S/C(=C\c2cc(Cl)c(OCc3ccc(Cl)c(Cl)c3)c(Cl)c2)C1=O. The number of ether oxygens (including phenoxy) is 1. The van der Waals surface area contributed by atoms with Gasteiger partial charge in [-0.2, -0.15) is 0 Å². The molecule has 9 heteroatoms. The fraction of sp³-hybridized carbons (Fsp3) is 0.120. The topological polar surface area (TPSA) is 46.6 Å². The predicted octanol–water partition coefficient (Wildman–Crippen LogP) is 8.42. The Kier molecular flexibility index (Phi) is 7.80. The lowest BCUT2D eigenvalue weighted by molar-refractivity contribution is -0.123. The third-order valence-corrected chi connectivity index (χ3v) is 7.36. The van der Waals surface area contributed by atoms with Crippen LogP contribution >= 0.6 is 58.2 Å². The van der Waals surface area contributed by atoms with E-state index in [0.29, 0.717) is 26.3 Å². The highest BCUT2D eigenvalue weighted by Crippen LogP contribution is 2.38. The van der Waals surface area contributed by atoms with Crippen LogP contribution in [0.2, 0.25) is 20.1 Å². The van der Waals surface area contributed by atoms with E-state index in [-0.39, 0.29) is 34.3 Å². The van der Waals surface area contributed by atoms with E-state index < -0.39 is 0 Å². The lowest BCUT2D eigenvalue weighted by Gasteiger charge is -2.14. The van der Waals surface area contributed by atoms with E-state index in [1.54, 1.807) is 36.4 Å². The molecule has 0 bridgehead atoms. The minimum Gasteiger partial charge on any atom is -0.486 e. The van der Waals surface area contributed by atoms with E-state index in [4.69, 9.17) is 51.1 Å². The molecule has 174 valence electrons. The summed E-state index contributed by atoms with van der Waals surface area (Å²) in [5, 5.41) is 1.11. The summed E-state index contributed by atoms with van der Waals surface area (Å²) in [6.45, 7) is 2.35. The number of halogens is 4. The molecule has 0 N–H and O–H groups in total. The van der Waals surface area contributed by atoms with Crippen LogP contribution in [-0.2, 0) is 17.9 Å². The summed E-state index contributed by atoms with van der Waals surface area (Å²) >= 11 is 25.7. The van der Waals surface area contributed by atoms with Crippen LogP contribution in [-0.4, -0.2) is 16.0 Å². The number of aryl methyl sites for hydroxylation is 1. The maximum atomic E-state index is 12.9. The van der Waals surface area contributed by atoms with Gasteiger partial charge in [-0.25, -0.2) is 0 Å². The van der Waals surface area contributed by atoms with Crippen molar-refractivity contribution in [1.82, 2.24) is 4.90 Å². The molecule has 1 aliphatic heterocycles. The first-order valence-electron chi connectivity index (χ1n) is 10.1. The standard InChI is InChI=1S/C25H17Cl4NO3S/c1-14-4-2-3-5-17(14)12-30-24(31)22(34-25(30)32)11-16-9-20(28)23(21(29)10-16)33-13-15-6-7-18(26)19(27)8-15/h2-11H,12-13H2,1H3/b22-11-. The Bertz CT molecular complexity index is 1300. The molecule has 1 fully saturated rings. The van der Waals surface area contributed by atoms with Gasteiger partial charge in [0.05, 0.1) is 31.5 Å². The first-order valence-corrected chi connectivity index (χ1v) is 12.4. The molecule has 1 aliphatic rings. The van der Waals surface area contributed by atoms with Crippen molar-refractivity contribution in [3.63, 3.8) is 0 Å². The molecule has 1 heterocycles. The zero-order chi connectivity index (χ0) is 24.4. The lowest BCUT2D eigenvalue weighted by Crippen LogP contribution is -2.27. The normalized spacial score (nSPS) is 14.9. The van der Waals surface area contributed by atoms with Gasteiger partial charge in [0.15, 0.2) is 5.75 Å². The molecule has 0 aromatic heterocycles. The third-order valence-electron chi connectivity index (χ3n) is 5.15. The molecule has 4 nitrogen and oxygen atoms in total. The van der Waals surface area contributed by atoms with Crippen LogP contribution in [0.4, 0.5) is 4.79 Å². The monoisotopic (exact) mass is 551 g/mol. The Labute approximate surface area is 221 Å². The molecule has 3 aromatic rings. The summed E-state index contributed by atoms with van der Waals surface area (Å²) in [6, 6.07) is 16.1. The highest BCUT2D eigenvalue weighted by Gasteiger charge is 2.35. The Morgan fingerprint density at radius 1 is 0.912 bits per heavy atom. The number of thioether (sulfide) groups is 1. The van der Waals surface area contributed by atoms with E-state index in [0.717, 1.165) is 28.5 Å². The van der Waals surface area contributed by atoms with Gasteiger partial charge in [0.1, 0.15) is 6.61 Å². The maximum absolute atomic E-state index is 12.9. The molecule has 0 spiro atoms. The van der Waals surface area contributed by atoms with Crippen molar-refractivity contribution < 1.29 is 14.3 Å². The van der Waals surface area contributed by atoms with Crippen molar-refractivity contribution in [2.24, 2.45) is 0 Å². The van der Waals surface area contributed by atoms with Crippen LogP contribution in [0.1, 0.15) is 22.3 Å². The van der Waals surface area contributed by atoms with Gasteiger partial charge in [-0.15, -0.1) is 0 Å². The van der Waals surface area contributed by atoms with Crippen molar-refractivity contribution in [2.75, 3.05) is 0 Å². The van der Waals surface area contributed by atoms with Gasteiger partial charge in [-0.05, 0) is 71.3 Å². The molecule has 0 saturated carbocycles. The van der Waals surface area contributed by atoms with Crippen LogP contribution < -0.4 is 4.74 Å². The van der Waals surface area contributed by atoms with Gasteiger partial charge < -0.3 is 4.74 Å². The quantitative estimate of drug-likeness (QED) is 0.288. The van der Waals surface area contributed by atoms with E-state index in [1.807, 2.05) is 31.2 Å². The molecule has 4 rings (SSSR count). The summed E-state index contributed by atoms with van der Waals surface area (Å²) in [4.78, 5) is 26.9. The molecule has 0 aliphatic carbocycles. The van der Waals surface area contributed by atoms with Crippen LogP contribution in [0, 0.1) is 6.92 Å². The largest absolute Gasteiger partial charge is 0.486 e. The molecular formula is C25H17Cl4NO3S. The molecule has 3 aromatic carbocycles. The number of nitrogens with zero attached hydrogens (tertiary/aromatic N) is 1. The molecule has 34 heavy (non-hydrogen) atoms. The van der Waals surface area contributed by atoms with E-state index >= 15 is 0 Å². The average molecular weight is 553 g/mol. The predicted molar refractivity (Wildman–Crippen MR) is 140 cm³/mol. The van der Waals surface area contributed by atoms with Crippen LogP contribution in [0.5, 0.6) is 5.75 Å². The molecule has 0 atom stereocenters. The molecule has 1 saturated heterocycles. The minimum atomic E-state index is -0.356. The van der Waals surface area contributed by atoms with Gasteiger partial charge in [-0.3, -0.25) is 14.5 Å². The van der Waals surface area contributed by atoms with Gasteiger partial charge in [-0.1, -0.05) is 76.7 Å². The Morgan fingerprint density at radius 2 is 1.62 bits per heavy atom. The first kappa shape index (κ1) is 25.0. The summed E-state index contributed by atoms with van der Waals surface area (Å²) in [7, 11) is 0. The Morgan fingerprint density at radius 3 is 2.29 bits per heavy atom. The fourth-order valence-electron chi connectivity index (χ4n) is 3.33. The van der Waals surface area contributed by atoms with Crippen molar-refractivity contribution in [2.45, 2.75) is 20.1 Å². The summed E-state index contributed by atoms with van der Waals surface area (Å²) in [5.41, 5.74) is 3.31. The number of hydrogen-bond donors (Lipinski definition) is 0. The lowest BCUT2D eigenvalue weighted by atomic mass is 10.1. The van der Waals surface area contributed by atoms with Crippen LogP contribution in [0.25, 0.3) is 6.08 Å². The van der Waals surface area contributed by atoms with Crippen LogP contribution in [0.3, 0.4) is 0 Å². The number of carbonyl (C=O) groups excluding carboxylic acids is 2. The second kappa shape index (κ2) is 10.6. The fourth-order valence-corrected chi connectivity index (χ4v) is 5.10. The molecule has 0 unspecified atom stereocenters. The third kappa shape index (κ3) is 5.56. The molecular weight excluding hydrogens is 536 g/mol. The van der Waals surface area contributed by atoms with Gasteiger partial charge in [0, 0.05) is 0 Å². The summed E-state index contributed by atoms with van der Waals surface area (Å²) in [5.74, 6) is -0.0512. The van der Waals surface area contributed by atoms with E-state index in [9.17, 15) is 9.59 Å². The summed E-state index contributed by atoms with van der Waals surface area (Å²) < 4.78 is 5.79. The number of hydrogen-bond acceptors (Lipinski definition) is 4. The second-order valence-corrected chi connectivity index (χ2v) is 10.2. The average Bonchev–Trinajstić information content (AvgIpc) is 3.04. The minimum absolute atomic E-state index is 0.188. The number of rotatable bonds is 6. The van der Waals surface area contributed by atoms with E-state index in [1.165, 1.54) is 4.90 Å². The molecule has 2 amide bonds. The zero-order valence-corrected chi connectivity index (χ0v) is 21.6. The number of benzene rings is 3.